The predicted molar refractivity (Wildman–Crippen MR) is 115 cm³/mol. The van der Waals surface area contributed by atoms with Crippen LogP contribution in [-0.2, 0) is 0 Å². The van der Waals surface area contributed by atoms with Gasteiger partial charge in [0.2, 0.25) is 0 Å². The molecule has 0 aliphatic heterocycles. The molecule has 0 amide bonds. The first-order chi connectivity index (χ1) is 12.1. The van der Waals surface area contributed by atoms with Gasteiger partial charge in [0.1, 0.15) is 0 Å². The lowest BCUT2D eigenvalue weighted by Gasteiger charge is -2.32. The molecule has 0 heteroatoms. The Labute approximate surface area is 164 Å². The van der Waals surface area contributed by atoms with Crippen molar-refractivity contribution < 1.29 is 0 Å². The molecule has 3 fully saturated rings. The number of hydrogen-bond acceptors (Lipinski definition) is 0. The van der Waals surface area contributed by atoms with Crippen molar-refractivity contribution in [2.45, 2.75) is 88.0 Å². The van der Waals surface area contributed by atoms with Crippen LogP contribution in [0.5, 0.6) is 0 Å². The molecule has 3 rings (SSSR count). The third-order valence-corrected chi connectivity index (χ3v) is 9.39. The minimum Gasteiger partial charge on any atom is -0.0880 e. The van der Waals surface area contributed by atoms with Crippen LogP contribution in [-0.4, -0.2) is 0 Å². The molecule has 3 saturated carbocycles. The Morgan fingerprint density at radius 1 is 1.08 bits per heavy atom. The fourth-order valence-electron chi connectivity index (χ4n) is 6.56. The average Bonchev–Trinajstić information content (AvgIpc) is 3.44. The van der Waals surface area contributed by atoms with Crippen LogP contribution < -0.4 is 0 Å². The Morgan fingerprint density at radius 3 is 2.23 bits per heavy atom. The molecule has 0 radical (unpaired) electrons. The lowest BCUT2D eigenvalue weighted by molar-refractivity contribution is 0.172. The van der Waals surface area contributed by atoms with Crippen molar-refractivity contribution in [2.24, 2.45) is 64.1 Å². The minimum absolute atomic E-state index is 0.532. The van der Waals surface area contributed by atoms with E-state index in [2.05, 4.69) is 74.5 Å². The highest BCUT2D eigenvalue weighted by molar-refractivity contribution is 5.33. The van der Waals surface area contributed by atoms with E-state index in [1.807, 2.05) is 0 Å². The molecule has 0 heterocycles. The predicted octanol–water partition coefficient (Wildman–Crippen LogP) is 7.84. The molecule has 7 atom stereocenters. The highest BCUT2D eigenvalue weighted by Gasteiger charge is 2.84. The summed E-state index contributed by atoms with van der Waals surface area (Å²) in [6.45, 7) is 22.0. The zero-order valence-corrected chi connectivity index (χ0v) is 19.2. The summed E-state index contributed by atoms with van der Waals surface area (Å²) in [7, 11) is 0. The molecule has 0 aromatic heterocycles. The largest absolute Gasteiger partial charge is 0.0880 e. The summed E-state index contributed by atoms with van der Waals surface area (Å²) in [5.41, 5.74) is 1.18. The van der Waals surface area contributed by atoms with E-state index in [1.165, 1.54) is 25.7 Å². The third kappa shape index (κ3) is 3.56. The summed E-state index contributed by atoms with van der Waals surface area (Å²) in [6, 6.07) is 0. The summed E-state index contributed by atoms with van der Waals surface area (Å²) in [5.74, 6) is 8.72. The lowest BCUT2D eigenvalue weighted by Crippen LogP contribution is -2.25. The lowest BCUT2D eigenvalue weighted by atomic mass is 9.73. The quantitative estimate of drug-likeness (QED) is 0.349. The van der Waals surface area contributed by atoms with Gasteiger partial charge in [-0.1, -0.05) is 80.9 Å². The number of allylic oxidation sites excluding steroid dienone is 2. The van der Waals surface area contributed by atoms with Crippen LogP contribution >= 0.6 is 0 Å². The van der Waals surface area contributed by atoms with E-state index in [0.717, 1.165) is 53.3 Å². The topological polar surface area (TPSA) is 0 Å². The second kappa shape index (κ2) is 6.97. The Morgan fingerprint density at radius 2 is 1.69 bits per heavy atom. The zero-order valence-electron chi connectivity index (χ0n) is 19.2. The highest BCUT2D eigenvalue weighted by Crippen LogP contribution is 2.88. The molecule has 0 aromatic rings. The van der Waals surface area contributed by atoms with Crippen molar-refractivity contribution in [1.82, 2.24) is 0 Å². The van der Waals surface area contributed by atoms with E-state index >= 15 is 0 Å². The number of fused-ring (bicyclic) bond motifs is 1. The first kappa shape index (κ1) is 20.5. The van der Waals surface area contributed by atoms with E-state index in [1.54, 1.807) is 0 Å². The Kier molecular flexibility index (Phi) is 5.49. The van der Waals surface area contributed by atoms with Crippen LogP contribution in [0.4, 0.5) is 0 Å². The van der Waals surface area contributed by atoms with Crippen molar-refractivity contribution in [2.75, 3.05) is 0 Å². The zero-order chi connectivity index (χ0) is 19.4. The van der Waals surface area contributed by atoms with Gasteiger partial charge in [-0.3, -0.25) is 0 Å². The van der Waals surface area contributed by atoms with Gasteiger partial charge in [0, 0.05) is 0 Å². The van der Waals surface area contributed by atoms with Gasteiger partial charge < -0.3 is 0 Å². The number of rotatable bonds is 10. The van der Waals surface area contributed by atoms with E-state index in [9.17, 15) is 0 Å². The van der Waals surface area contributed by atoms with E-state index < -0.39 is 0 Å². The van der Waals surface area contributed by atoms with E-state index in [0.29, 0.717) is 10.8 Å². The summed E-state index contributed by atoms with van der Waals surface area (Å²) in [4.78, 5) is 0. The van der Waals surface area contributed by atoms with Crippen molar-refractivity contribution in [1.29, 1.82) is 0 Å². The monoisotopic (exact) mass is 358 g/mol. The molecule has 3 aliphatic carbocycles. The SMILES string of the molecule is CCC(C)(C)C(C)C1CC1C1C2C1C2(C)C(C)C=CCC(C)CC(C)C. The second-order valence-corrected chi connectivity index (χ2v) is 11.9. The smallest absolute Gasteiger partial charge is 0.0197 e. The highest BCUT2D eigenvalue weighted by atomic mass is 14.9. The Balaban J connectivity index is 1.43. The van der Waals surface area contributed by atoms with Gasteiger partial charge in [0.15, 0.2) is 0 Å². The van der Waals surface area contributed by atoms with E-state index in [-0.39, 0.29) is 0 Å². The fourth-order valence-corrected chi connectivity index (χ4v) is 6.56. The van der Waals surface area contributed by atoms with Crippen LogP contribution in [0, 0.1) is 64.1 Å². The van der Waals surface area contributed by atoms with Gasteiger partial charge in [-0.05, 0) is 83.4 Å². The van der Waals surface area contributed by atoms with Crippen LogP contribution in [0.25, 0.3) is 0 Å². The molecule has 0 spiro atoms. The summed E-state index contributed by atoms with van der Waals surface area (Å²) in [6.07, 6.45) is 10.6. The van der Waals surface area contributed by atoms with Gasteiger partial charge in [-0.2, -0.15) is 0 Å². The summed E-state index contributed by atoms with van der Waals surface area (Å²) >= 11 is 0. The second-order valence-electron chi connectivity index (χ2n) is 11.9. The molecule has 0 saturated heterocycles. The molecule has 3 aliphatic rings. The molecule has 0 bridgehead atoms. The molecule has 7 unspecified atom stereocenters. The first-order valence-corrected chi connectivity index (χ1v) is 11.7. The van der Waals surface area contributed by atoms with Gasteiger partial charge >= 0.3 is 0 Å². The maximum absolute atomic E-state index is 2.59. The standard InChI is InChI=1S/C26H46/c1-10-25(7,8)19(6)20-15-21(20)22-23-24(22)26(23,9)18(5)13-11-12-17(4)14-16(2)3/h11,13,16-24H,10,12,14-15H2,1-9H3. The Hall–Kier alpha value is -0.260. The van der Waals surface area contributed by atoms with Gasteiger partial charge in [0.25, 0.3) is 0 Å². The first-order valence-electron chi connectivity index (χ1n) is 11.7. The minimum atomic E-state index is 0.532. The van der Waals surface area contributed by atoms with Crippen molar-refractivity contribution in [3.63, 3.8) is 0 Å². The van der Waals surface area contributed by atoms with Crippen LogP contribution in [0.2, 0.25) is 0 Å². The van der Waals surface area contributed by atoms with E-state index in [4.69, 9.17) is 0 Å². The van der Waals surface area contributed by atoms with Gasteiger partial charge in [0.05, 0.1) is 0 Å². The van der Waals surface area contributed by atoms with Crippen molar-refractivity contribution >= 4 is 0 Å². The molecule has 0 nitrogen and oxygen atoms in total. The van der Waals surface area contributed by atoms with Crippen molar-refractivity contribution in [3.8, 4) is 0 Å². The van der Waals surface area contributed by atoms with Crippen LogP contribution in [0.15, 0.2) is 12.2 Å². The third-order valence-electron chi connectivity index (χ3n) is 9.39. The fraction of sp³-hybridized carbons (Fsp3) is 0.923. The maximum Gasteiger partial charge on any atom is -0.0197 e. The molecule has 0 aromatic carbocycles. The number of hydrogen-bond donors (Lipinski definition) is 0. The van der Waals surface area contributed by atoms with Gasteiger partial charge in [-0.25, -0.2) is 0 Å². The molecule has 150 valence electrons. The summed E-state index contributed by atoms with van der Waals surface area (Å²) < 4.78 is 0. The maximum atomic E-state index is 2.59. The van der Waals surface area contributed by atoms with Crippen LogP contribution in [0.3, 0.4) is 0 Å². The summed E-state index contributed by atoms with van der Waals surface area (Å²) in [5, 5.41) is 0. The van der Waals surface area contributed by atoms with Crippen molar-refractivity contribution in [3.05, 3.63) is 12.2 Å². The molecule has 26 heavy (non-hydrogen) atoms. The molecular formula is C26H46. The normalized spacial score (nSPS) is 41.8. The molecule has 0 N–H and O–H groups in total. The Bertz CT molecular complexity index is 514. The van der Waals surface area contributed by atoms with Gasteiger partial charge in [-0.15, -0.1) is 0 Å². The van der Waals surface area contributed by atoms with Crippen LogP contribution in [0.1, 0.15) is 88.0 Å². The molecular weight excluding hydrogens is 312 g/mol. The average molecular weight is 359 g/mol.